The van der Waals surface area contributed by atoms with Crippen molar-refractivity contribution < 1.29 is 9.21 Å². The molecule has 2 aromatic heterocycles. The number of carbonyl (C=O) groups excluding carboxylic acids is 1. The average Bonchev–Trinajstić information content (AvgIpc) is 2.96. The molecule has 2 rings (SSSR count). The topological polar surface area (TPSA) is 46.3 Å². The van der Waals surface area contributed by atoms with E-state index in [9.17, 15) is 4.79 Å². The van der Waals surface area contributed by atoms with Crippen LogP contribution in [0, 0.1) is 0 Å². The van der Waals surface area contributed by atoms with Crippen molar-refractivity contribution in [1.29, 1.82) is 0 Å². The number of furan rings is 1. The van der Waals surface area contributed by atoms with Crippen molar-refractivity contribution >= 4 is 17.5 Å². The molecule has 0 unspecified atom stereocenters. The van der Waals surface area contributed by atoms with E-state index in [0.29, 0.717) is 23.8 Å². The van der Waals surface area contributed by atoms with Gasteiger partial charge in [0.05, 0.1) is 12.8 Å². The van der Waals surface area contributed by atoms with E-state index in [1.165, 1.54) is 0 Å². The smallest absolute Gasteiger partial charge is 0.254 e. The number of halogens is 1. The Morgan fingerprint density at radius 3 is 2.81 bits per heavy atom. The van der Waals surface area contributed by atoms with Gasteiger partial charge < -0.3 is 9.32 Å². The summed E-state index contributed by atoms with van der Waals surface area (Å²) >= 11 is 6.02. The number of carbonyl (C=O) groups is 1. The Labute approximate surface area is 129 Å². The zero-order chi connectivity index (χ0) is 15.2. The minimum absolute atomic E-state index is 0.0597. The van der Waals surface area contributed by atoms with Crippen LogP contribution in [0.15, 0.2) is 34.9 Å². The van der Waals surface area contributed by atoms with Crippen LogP contribution in [0.25, 0.3) is 0 Å². The van der Waals surface area contributed by atoms with E-state index in [1.807, 2.05) is 25.1 Å². The standard InChI is InChI=1S/C16H19ClN2O2/c1-3-6-13-9-12(10-15(17)18-13)16(20)19(4-2)11-14-7-5-8-21-14/h5,7-10H,3-4,6,11H2,1-2H3. The second-order valence-electron chi connectivity index (χ2n) is 4.82. The van der Waals surface area contributed by atoms with Crippen LogP contribution in [0.1, 0.15) is 42.1 Å². The lowest BCUT2D eigenvalue weighted by atomic mass is 10.1. The molecule has 1 amide bonds. The molecule has 5 heteroatoms. The Hall–Kier alpha value is -1.81. The molecule has 0 aliphatic rings. The summed E-state index contributed by atoms with van der Waals surface area (Å²) in [5, 5.41) is 0.360. The monoisotopic (exact) mass is 306 g/mol. The Morgan fingerprint density at radius 1 is 1.38 bits per heavy atom. The number of aromatic nitrogens is 1. The van der Waals surface area contributed by atoms with Gasteiger partial charge >= 0.3 is 0 Å². The van der Waals surface area contributed by atoms with Crippen LogP contribution in [-0.4, -0.2) is 22.3 Å². The molecule has 0 N–H and O–H groups in total. The quantitative estimate of drug-likeness (QED) is 0.759. The highest BCUT2D eigenvalue weighted by molar-refractivity contribution is 6.29. The van der Waals surface area contributed by atoms with Crippen molar-refractivity contribution in [2.24, 2.45) is 0 Å². The van der Waals surface area contributed by atoms with Gasteiger partial charge in [-0.05, 0) is 37.6 Å². The molecule has 21 heavy (non-hydrogen) atoms. The van der Waals surface area contributed by atoms with Gasteiger partial charge in [0.25, 0.3) is 5.91 Å². The average molecular weight is 307 g/mol. The van der Waals surface area contributed by atoms with Crippen LogP contribution in [0.2, 0.25) is 5.15 Å². The Balaban J connectivity index is 2.20. The fraction of sp³-hybridized carbons (Fsp3) is 0.375. The summed E-state index contributed by atoms with van der Waals surface area (Å²) in [7, 11) is 0. The molecule has 0 bridgehead atoms. The van der Waals surface area contributed by atoms with Crippen molar-refractivity contribution in [2.75, 3.05) is 6.54 Å². The number of amides is 1. The zero-order valence-corrected chi connectivity index (χ0v) is 13.1. The van der Waals surface area contributed by atoms with E-state index in [2.05, 4.69) is 11.9 Å². The zero-order valence-electron chi connectivity index (χ0n) is 12.3. The summed E-state index contributed by atoms with van der Waals surface area (Å²) in [5.74, 6) is 0.703. The molecule has 0 aliphatic carbocycles. The second-order valence-corrected chi connectivity index (χ2v) is 5.21. The van der Waals surface area contributed by atoms with Crippen molar-refractivity contribution in [3.05, 3.63) is 52.7 Å². The van der Waals surface area contributed by atoms with Crippen molar-refractivity contribution in [1.82, 2.24) is 9.88 Å². The summed E-state index contributed by atoms with van der Waals surface area (Å²) in [6, 6.07) is 7.12. The number of hydrogen-bond acceptors (Lipinski definition) is 3. The van der Waals surface area contributed by atoms with Crippen LogP contribution in [0.3, 0.4) is 0 Å². The molecule has 0 spiro atoms. The molecule has 4 nitrogen and oxygen atoms in total. The maximum Gasteiger partial charge on any atom is 0.254 e. The predicted molar refractivity (Wildman–Crippen MR) is 82.4 cm³/mol. The molecular formula is C16H19ClN2O2. The molecule has 0 saturated heterocycles. The van der Waals surface area contributed by atoms with E-state index in [1.54, 1.807) is 17.2 Å². The Kier molecular flexibility index (Phi) is 5.39. The largest absolute Gasteiger partial charge is 0.467 e. The maximum absolute atomic E-state index is 12.6. The number of nitrogens with zero attached hydrogens (tertiary/aromatic N) is 2. The Bertz CT molecular complexity index is 596. The molecule has 0 aromatic carbocycles. The highest BCUT2D eigenvalue weighted by Gasteiger charge is 2.17. The third-order valence-electron chi connectivity index (χ3n) is 3.20. The van der Waals surface area contributed by atoms with Gasteiger partial charge in [-0.1, -0.05) is 24.9 Å². The molecule has 0 fully saturated rings. The summed E-state index contributed by atoms with van der Waals surface area (Å²) in [4.78, 5) is 18.6. The number of hydrogen-bond donors (Lipinski definition) is 0. The van der Waals surface area contributed by atoms with Gasteiger partial charge in [0.15, 0.2) is 0 Å². The highest BCUT2D eigenvalue weighted by Crippen LogP contribution is 2.16. The fourth-order valence-corrected chi connectivity index (χ4v) is 2.39. The van der Waals surface area contributed by atoms with Crippen LogP contribution >= 0.6 is 11.6 Å². The van der Waals surface area contributed by atoms with Gasteiger partial charge in [-0.25, -0.2) is 4.98 Å². The summed E-state index contributed by atoms with van der Waals surface area (Å²) in [6.45, 7) is 5.06. The molecule has 2 aromatic rings. The van der Waals surface area contributed by atoms with E-state index < -0.39 is 0 Å². The van der Waals surface area contributed by atoms with E-state index in [-0.39, 0.29) is 5.91 Å². The Morgan fingerprint density at radius 2 is 2.19 bits per heavy atom. The van der Waals surface area contributed by atoms with Gasteiger partial charge in [-0.2, -0.15) is 0 Å². The fourth-order valence-electron chi connectivity index (χ4n) is 2.16. The first-order valence-corrected chi connectivity index (χ1v) is 7.50. The third-order valence-corrected chi connectivity index (χ3v) is 3.39. The maximum atomic E-state index is 12.6. The molecular weight excluding hydrogens is 288 g/mol. The van der Waals surface area contributed by atoms with Crippen LogP contribution in [-0.2, 0) is 13.0 Å². The van der Waals surface area contributed by atoms with Crippen molar-refractivity contribution in [3.8, 4) is 0 Å². The summed E-state index contributed by atoms with van der Waals surface area (Å²) in [5.41, 5.74) is 1.43. The van der Waals surface area contributed by atoms with Crippen molar-refractivity contribution in [3.63, 3.8) is 0 Å². The minimum atomic E-state index is -0.0597. The van der Waals surface area contributed by atoms with Crippen LogP contribution in [0.5, 0.6) is 0 Å². The summed E-state index contributed by atoms with van der Waals surface area (Å²) in [6.07, 6.45) is 3.38. The van der Waals surface area contributed by atoms with Gasteiger partial charge in [-0.15, -0.1) is 0 Å². The van der Waals surface area contributed by atoms with Gasteiger partial charge in [0, 0.05) is 17.8 Å². The number of rotatable bonds is 6. The first-order chi connectivity index (χ1) is 10.1. The minimum Gasteiger partial charge on any atom is -0.467 e. The number of aryl methyl sites for hydroxylation is 1. The molecule has 0 atom stereocenters. The predicted octanol–water partition coefficient (Wildman–Crippen LogP) is 3.94. The molecule has 0 saturated carbocycles. The van der Waals surface area contributed by atoms with Gasteiger partial charge in [0.2, 0.25) is 0 Å². The van der Waals surface area contributed by atoms with Gasteiger partial charge in [-0.3, -0.25) is 4.79 Å². The molecule has 0 aliphatic heterocycles. The van der Waals surface area contributed by atoms with E-state index >= 15 is 0 Å². The van der Waals surface area contributed by atoms with E-state index in [4.69, 9.17) is 16.0 Å². The lowest BCUT2D eigenvalue weighted by Gasteiger charge is -2.20. The highest BCUT2D eigenvalue weighted by atomic mass is 35.5. The SMILES string of the molecule is CCCc1cc(C(=O)N(CC)Cc2ccco2)cc(Cl)n1. The lowest BCUT2D eigenvalue weighted by molar-refractivity contribution is 0.0741. The molecule has 2 heterocycles. The van der Waals surface area contributed by atoms with E-state index in [0.717, 1.165) is 24.3 Å². The van der Waals surface area contributed by atoms with Crippen LogP contribution in [0.4, 0.5) is 0 Å². The third kappa shape index (κ3) is 4.08. The summed E-state index contributed by atoms with van der Waals surface area (Å²) < 4.78 is 5.31. The lowest BCUT2D eigenvalue weighted by Crippen LogP contribution is -2.30. The number of pyridine rings is 1. The van der Waals surface area contributed by atoms with Gasteiger partial charge in [0.1, 0.15) is 10.9 Å². The van der Waals surface area contributed by atoms with Crippen molar-refractivity contribution in [2.45, 2.75) is 33.2 Å². The van der Waals surface area contributed by atoms with Crippen LogP contribution < -0.4 is 0 Å². The first kappa shape index (κ1) is 15.6. The second kappa shape index (κ2) is 7.27. The molecule has 112 valence electrons. The normalized spacial score (nSPS) is 10.6. The molecule has 0 radical (unpaired) electrons. The first-order valence-electron chi connectivity index (χ1n) is 7.12.